The number of ether oxygens (including phenoxy) is 1. The van der Waals surface area contributed by atoms with Gasteiger partial charge in [-0.1, -0.05) is 0 Å². The Morgan fingerprint density at radius 2 is 1.93 bits per heavy atom. The second kappa shape index (κ2) is 6.79. The van der Waals surface area contributed by atoms with Crippen molar-refractivity contribution < 1.29 is 9.53 Å². The van der Waals surface area contributed by atoms with E-state index in [0.29, 0.717) is 6.04 Å². The lowest BCUT2D eigenvalue weighted by atomic mass is 10.3. The van der Waals surface area contributed by atoms with Crippen LogP contribution in [0, 0.1) is 0 Å². The van der Waals surface area contributed by atoms with Crippen molar-refractivity contribution in [1.82, 2.24) is 10.2 Å². The van der Waals surface area contributed by atoms with Crippen LogP contribution in [-0.4, -0.2) is 50.2 Å². The first-order valence-corrected chi connectivity index (χ1v) is 4.99. The molecule has 14 heavy (non-hydrogen) atoms. The minimum atomic E-state index is -0.189. The van der Waals surface area contributed by atoms with Gasteiger partial charge in [-0.25, -0.2) is 0 Å². The lowest BCUT2D eigenvalue weighted by Crippen LogP contribution is -2.39. The molecule has 0 aromatic rings. The number of esters is 1. The van der Waals surface area contributed by atoms with E-state index in [2.05, 4.69) is 10.2 Å². The van der Waals surface area contributed by atoms with E-state index < -0.39 is 0 Å². The smallest absolute Gasteiger partial charge is 0.320 e. The molecule has 0 amide bonds. The highest BCUT2D eigenvalue weighted by Crippen LogP contribution is 1.89. The fourth-order valence-electron chi connectivity index (χ4n) is 1.17. The van der Waals surface area contributed by atoms with Crippen molar-refractivity contribution in [2.24, 2.45) is 0 Å². The number of carbonyl (C=O) groups is 1. The molecule has 0 heterocycles. The molecule has 0 rings (SSSR count). The van der Waals surface area contributed by atoms with Crippen molar-refractivity contribution in [3.8, 4) is 0 Å². The molecular formula is C10H22N2O2. The summed E-state index contributed by atoms with van der Waals surface area (Å²) in [6, 6.07) is 0.296. The van der Waals surface area contributed by atoms with Crippen molar-refractivity contribution in [3.05, 3.63) is 0 Å². The Balaban J connectivity index is 3.56. The Labute approximate surface area is 86.6 Å². The van der Waals surface area contributed by atoms with Gasteiger partial charge in [-0.3, -0.25) is 4.79 Å². The van der Waals surface area contributed by atoms with E-state index in [9.17, 15) is 4.79 Å². The molecule has 0 aliphatic rings. The van der Waals surface area contributed by atoms with Gasteiger partial charge in [0, 0.05) is 12.6 Å². The Kier molecular flexibility index (Phi) is 6.49. The van der Waals surface area contributed by atoms with Crippen LogP contribution in [-0.2, 0) is 9.53 Å². The summed E-state index contributed by atoms with van der Waals surface area (Å²) in [6.07, 6.45) is -0.0338. The van der Waals surface area contributed by atoms with Gasteiger partial charge in [0.25, 0.3) is 0 Å². The maximum absolute atomic E-state index is 11.1. The Morgan fingerprint density at radius 3 is 2.36 bits per heavy atom. The largest absolute Gasteiger partial charge is 0.462 e. The Bertz CT molecular complexity index is 170. The molecule has 4 nitrogen and oxygen atoms in total. The minimum absolute atomic E-state index is 0.0338. The molecule has 0 aromatic carbocycles. The average molecular weight is 202 g/mol. The van der Waals surface area contributed by atoms with Crippen molar-refractivity contribution in [2.75, 3.05) is 27.2 Å². The maximum atomic E-state index is 11.1. The van der Waals surface area contributed by atoms with Gasteiger partial charge >= 0.3 is 5.97 Å². The number of hydrogen-bond donors (Lipinski definition) is 1. The molecule has 0 saturated heterocycles. The molecule has 1 N–H and O–H groups in total. The van der Waals surface area contributed by atoms with Crippen LogP contribution in [0.1, 0.15) is 20.8 Å². The number of nitrogens with zero attached hydrogens (tertiary/aromatic N) is 1. The summed E-state index contributed by atoms with van der Waals surface area (Å²) in [5.41, 5.74) is 0. The lowest BCUT2D eigenvalue weighted by molar-refractivity contribution is -0.146. The summed E-state index contributed by atoms with van der Waals surface area (Å²) < 4.78 is 4.99. The summed E-state index contributed by atoms with van der Waals surface area (Å²) in [5, 5.41) is 3.10. The van der Waals surface area contributed by atoms with Crippen LogP contribution >= 0.6 is 0 Å². The van der Waals surface area contributed by atoms with Crippen LogP contribution in [0.5, 0.6) is 0 Å². The van der Waals surface area contributed by atoms with Gasteiger partial charge in [0.05, 0.1) is 12.6 Å². The highest BCUT2D eigenvalue weighted by Gasteiger charge is 2.08. The third kappa shape index (κ3) is 8.01. The number of nitrogens with one attached hydrogen (secondary N) is 1. The SMILES string of the molecule is CC(CN(C)C)NCC(=O)OC(C)C. The molecule has 0 aromatic heterocycles. The van der Waals surface area contributed by atoms with Crippen LogP contribution in [0.2, 0.25) is 0 Å². The van der Waals surface area contributed by atoms with Gasteiger partial charge in [0.15, 0.2) is 0 Å². The molecule has 1 atom stereocenters. The molecule has 84 valence electrons. The zero-order chi connectivity index (χ0) is 11.1. The zero-order valence-electron chi connectivity index (χ0n) is 9.83. The normalized spacial score (nSPS) is 13.4. The molecule has 0 spiro atoms. The highest BCUT2D eigenvalue weighted by molar-refractivity contribution is 5.71. The van der Waals surface area contributed by atoms with E-state index in [1.807, 2.05) is 34.9 Å². The summed E-state index contributed by atoms with van der Waals surface area (Å²) in [6.45, 7) is 6.94. The summed E-state index contributed by atoms with van der Waals surface area (Å²) in [5.74, 6) is -0.189. The monoisotopic (exact) mass is 202 g/mol. The van der Waals surface area contributed by atoms with Gasteiger partial charge in [-0.15, -0.1) is 0 Å². The molecule has 0 radical (unpaired) electrons. The van der Waals surface area contributed by atoms with Gasteiger partial charge in [0.1, 0.15) is 0 Å². The van der Waals surface area contributed by atoms with Gasteiger partial charge < -0.3 is 15.0 Å². The van der Waals surface area contributed by atoms with Crippen LogP contribution in [0.4, 0.5) is 0 Å². The number of likely N-dealkylation sites (N-methyl/N-ethyl adjacent to an activating group) is 1. The average Bonchev–Trinajstić information content (AvgIpc) is 1.98. The first kappa shape index (κ1) is 13.4. The molecule has 0 aliphatic heterocycles. The van der Waals surface area contributed by atoms with E-state index in [-0.39, 0.29) is 18.6 Å². The first-order valence-electron chi connectivity index (χ1n) is 4.99. The Hall–Kier alpha value is -0.610. The molecular weight excluding hydrogens is 180 g/mol. The van der Waals surface area contributed by atoms with Gasteiger partial charge in [-0.05, 0) is 34.9 Å². The molecule has 0 fully saturated rings. The van der Waals surface area contributed by atoms with Crippen molar-refractivity contribution >= 4 is 5.97 Å². The summed E-state index contributed by atoms with van der Waals surface area (Å²) in [7, 11) is 4.01. The fourth-order valence-corrected chi connectivity index (χ4v) is 1.17. The minimum Gasteiger partial charge on any atom is -0.462 e. The molecule has 0 aliphatic carbocycles. The quantitative estimate of drug-likeness (QED) is 0.636. The molecule has 0 saturated carbocycles. The standard InChI is InChI=1S/C10H22N2O2/c1-8(2)14-10(13)6-11-9(3)7-12(4)5/h8-9,11H,6-7H2,1-5H3. The van der Waals surface area contributed by atoms with E-state index in [1.165, 1.54) is 0 Å². The lowest BCUT2D eigenvalue weighted by Gasteiger charge is -2.18. The zero-order valence-corrected chi connectivity index (χ0v) is 9.83. The molecule has 1 unspecified atom stereocenters. The van der Waals surface area contributed by atoms with Crippen molar-refractivity contribution in [2.45, 2.75) is 32.9 Å². The molecule has 0 bridgehead atoms. The topological polar surface area (TPSA) is 41.6 Å². The summed E-state index contributed by atoms with van der Waals surface area (Å²) in [4.78, 5) is 13.2. The highest BCUT2D eigenvalue weighted by atomic mass is 16.5. The van der Waals surface area contributed by atoms with E-state index in [0.717, 1.165) is 6.54 Å². The van der Waals surface area contributed by atoms with Crippen LogP contribution < -0.4 is 5.32 Å². The number of rotatable bonds is 6. The van der Waals surface area contributed by atoms with E-state index >= 15 is 0 Å². The van der Waals surface area contributed by atoms with Crippen molar-refractivity contribution in [1.29, 1.82) is 0 Å². The third-order valence-corrected chi connectivity index (χ3v) is 1.60. The second-order valence-corrected chi connectivity index (χ2v) is 4.08. The van der Waals surface area contributed by atoms with E-state index in [1.54, 1.807) is 0 Å². The van der Waals surface area contributed by atoms with Crippen LogP contribution in [0.15, 0.2) is 0 Å². The third-order valence-electron chi connectivity index (χ3n) is 1.60. The predicted octanol–water partition coefficient (Wildman–Crippen LogP) is 0.478. The van der Waals surface area contributed by atoms with Gasteiger partial charge in [0.2, 0.25) is 0 Å². The summed E-state index contributed by atoms with van der Waals surface area (Å²) >= 11 is 0. The predicted molar refractivity (Wildman–Crippen MR) is 57.2 cm³/mol. The van der Waals surface area contributed by atoms with E-state index in [4.69, 9.17) is 4.74 Å². The van der Waals surface area contributed by atoms with Crippen molar-refractivity contribution in [3.63, 3.8) is 0 Å². The van der Waals surface area contributed by atoms with Crippen LogP contribution in [0.25, 0.3) is 0 Å². The van der Waals surface area contributed by atoms with Crippen LogP contribution in [0.3, 0.4) is 0 Å². The Morgan fingerprint density at radius 1 is 1.36 bits per heavy atom. The number of carbonyl (C=O) groups excluding carboxylic acids is 1. The molecule has 4 heteroatoms. The van der Waals surface area contributed by atoms with Gasteiger partial charge in [-0.2, -0.15) is 0 Å². The fraction of sp³-hybridized carbons (Fsp3) is 0.900. The first-order chi connectivity index (χ1) is 6.41. The number of hydrogen-bond acceptors (Lipinski definition) is 4. The second-order valence-electron chi connectivity index (χ2n) is 4.08. The maximum Gasteiger partial charge on any atom is 0.320 e.